The topological polar surface area (TPSA) is 66.8 Å². The van der Waals surface area contributed by atoms with E-state index in [4.69, 9.17) is 4.98 Å². The van der Waals surface area contributed by atoms with E-state index in [1.54, 1.807) is 0 Å². The summed E-state index contributed by atoms with van der Waals surface area (Å²) in [6.45, 7) is 9.85. The van der Waals surface area contributed by atoms with Crippen molar-refractivity contribution in [3.05, 3.63) is 93.7 Å². The monoisotopic (exact) mass is 427 g/mol. The van der Waals surface area contributed by atoms with E-state index in [1.807, 2.05) is 23.7 Å². The summed E-state index contributed by atoms with van der Waals surface area (Å²) in [4.78, 5) is 23.2. The van der Waals surface area contributed by atoms with Crippen LogP contribution in [0.25, 0.3) is 11.0 Å². The second kappa shape index (κ2) is 7.71. The quantitative estimate of drug-likeness (QED) is 0.525. The molecule has 0 aliphatic carbocycles. The summed E-state index contributed by atoms with van der Waals surface area (Å²) in [7, 11) is 0. The number of aryl methyl sites for hydroxylation is 1. The molecule has 1 fully saturated rings. The molecule has 6 heteroatoms. The molecule has 1 saturated heterocycles. The molecule has 0 atom stereocenters. The highest BCUT2D eigenvalue weighted by molar-refractivity contribution is 5.76. The molecule has 0 unspecified atom stereocenters. The van der Waals surface area contributed by atoms with Crippen molar-refractivity contribution in [2.45, 2.75) is 45.2 Å². The van der Waals surface area contributed by atoms with Crippen LogP contribution in [-0.4, -0.2) is 37.7 Å². The van der Waals surface area contributed by atoms with Gasteiger partial charge in [-0.2, -0.15) is 5.10 Å². The summed E-state index contributed by atoms with van der Waals surface area (Å²) in [6.07, 6.45) is 0. The molecule has 0 amide bonds. The minimum Gasteiger partial charge on any atom is -0.310 e. The van der Waals surface area contributed by atoms with Crippen LogP contribution in [0.2, 0.25) is 0 Å². The second-order valence-electron chi connectivity index (χ2n) is 9.69. The predicted molar refractivity (Wildman–Crippen MR) is 127 cm³/mol. The number of aromatic nitrogens is 4. The SMILES string of the molecule is Cc1c2c(=O)[nH]c(C3CN(C(c4ccccc4)c4ccccc4)C3)nc2nn1C(C)(C)C. The van der Waals surface area contributed by atoms with E-state index in [0.717, 1.165) is 24.6 Å². The zero-order valence-corrected chi connectivity index (χ0v) is 19.0. The number of nitrogens with zero attached hydrogens (tertiary/aromatic N) is 4. The fourth-order valence-corrected chi connectivity index (χ4v) is 4.78. The number of nitrogens with one attached hydrogen (secondary N) is 1. The maximum Gasteiger partial charge on any atom is 0.262 e. The molecule has 1 aliphatic heterocycles. The molecule has 0 radical (unpaired) electrons. The van der Waals surface area contributed by atoms with Crippen molar-refractivity contribution in [3.8, 4) is 0 Å². The van der Waals surface area contributed by atoms with Crippen LogP contribution in [0, 0.1) is 6.92 Å². The van der Waals surface area contributed by atoms with Crippen molar-refractivity contribution >= 4 is 11.0 Å². The van der Waals surface area contributed by atoms with E-state index >= 15 is 0 Å². The first-order chi connectivity index (χ1) is 15.3. The summed E-state index contributed by atoms with van der Waals surface area (Å²) in [6, 6.07) is 21.3. The minimum atomic E-state index is -0.205. The molecule has 164 valence electrons. The maximum absolute atomic E-state index is 12.9. The molecule has 1 N–H and O–H groups in total. The molecule has 3 heterocycles. The summed E-state index contributed by atoms with van der Waals surface area (Å²) < 4.78 is 1.90. The van der Waals surface area contributed by atoms with Gasteiger partial charge in [0.05, 0.1) is 17.3 Å². The van der Waals surface area contributed by atoms with Gasteiger partial charge in [-0.05, 0) is 38.8 Å². The summed E-state index contributed by atoms with van der Waals surface area (Å²) >= 11 is 0. The Kier molecular flexibility index (Phi) is 4.97. The molecule has 0 spiro atoms. The van der Waals surface area contributed by atoms with Gasteiger partial charge in [-0.25, -0.2) is 4.98 Å². The molecule has 0 saturated carbocycles. The average Bonchev–Trinajstić information content (AvgIpc) is 3.09. The van der Waals surface area contributed by atoms with Crippen LogP contribution in [0.4, 0.5) is 0 Å². The highest BCUT2D eigenvalue weighted by atomic mass is 16.1. The molecule has 2 aromatic carbocycles. The van der Waals surface area contributed by atoms with Crippen molar-refractivity contribution in [2.24, 2.45) is 0 Å². The van der Waals surface area contributed by atoms with Crippen molar-refractivity contribution in [1.29, 1.82) is 0 Å². The number of benzene rings is 2. The molecule has 1 aliphatic rings. The van der Waals surface area contributed by atoms with Gasteiger partial charge in [0.2, 0.25) is 0 Å². The predicted octanol–water partition coefficient (Wildman–Crippen LogP) is 4.37. The third-order valence-corrected chi connectivity index (χ3v) is 6.32. The number of H-pyrrole nitrogens is 1. The smallest absolute Gasteiger partial charge is 0.262 e. The van der Waals surface area contributed by atoms with E-state index in [0.29, 0.717) is 11.0 Å². The van der Waals surface area contributed by atoms with Crippen LogP contribution in [0.1, 0.15) is 55.4 Å². The zero-order valence-electron chi connectivity index (χ0n) is 19.0. The van der Waals surface area contributed by atoms with E-state index in [2.05, 4.69) is 84.3 Å². The van der Waals surface area contributed by atoms with Gasteiger partial charge in [-0.1, -0.05) is 60.7 Å². The largest absolute Gasteiger partial charge is 0.310 e. The van der Waals surface area contributed by atoms with Gasteiger partial charge in [0.15, 0.2) is 5.65 Å². The van der Waals surface area contributed by atoms with Gasteiger partial charge in [-0.15, -0.1) is 0 Å². The zero-order chi connectivity index (χ0) is 22.5. The average molecular weight is 428 g/mol. The Morgan fingerprint density at radius 2 is 1.53 bits per heavy atom. The second-order valence-corrected chi connectivity index (χ2v) is 9.69. The number of hydrogen-bond acceptors (Lipinski definition) is 4. The number of likely N-dealkylation sites (tertiary alicyclic amines) is 1. The van der Waals surface area contributed by atoms with Gasteiger partial charge in [0.1, 0.15) is 11.2 Å². The molecule has 0 bridgehead atoms. The lowest BCUT2D eigenvalue weighted by atomic mass is 9.90. The van der Waals surface area contributed by atoms with Crippen molar-refractivity contribution in [1.82, 2.24) is 24.6 Å². The number of aromatic amines is 1. The maximum atomic E-state index is 12.9. The fourth-order valence-electron chi connectivity index (χ4n) is 4.78. The van der Waals surface area contributed by atoms with Crippen LogP contribution in [0.15, 0.2) is 65.5 Å². The first-order valence-corrected chi connectivity index (χ1v) is 11.2. The van der Waals surface area contributed by atoms with Crippen LogP contribution in [0.3, 0.4) is 0 Å². The Morgan fingerprint density at radius 1 is 0.969 bits per heavy atom. The van der Waals surface area contributed by atoms with E-state index < -0.39 is 0 Å². The minimum absolute atomic E-state index is 0.0980. The molecule has 4 aromatic rings. The fraction of sp³-hybridized carbons (Fsp3) is 0.346. The van der Waals surface area contributed by atoms with Gasteiger partial charge >= 0.3 is 0 Å². The van der Waals surface area contributed by atoms with E-state index in [-0.39, 0.29) is 23.1 Å². The Bertz CT molecular complexity index is 1260. The van der Waals surface area contributed by atoms with Gasteiger partial charge < -0.3 is 4.98 Å². The Hall–Kier alpha value is -3.25. The van der Waals surface area contributed by atoms with Gasteiger partial charge in [0, 0.05) is 19.0 Å². The molecular formula is C26H29N5O. The molecule has 2 aromatic heterocycles. The lowest BCUT2D eigenvalue weighted by Gasteiger charge is -2.44. The Labute approximate surface area is 187 Å². The molecular weight excluding hydrogens is 398 g/mol. The van der Waals surface area contributed by atoms with Gasteiger partial charge in [-0.3, -0.25) is 14.4 Å². The van der Waals surface area contributed by atoms with Crippen molar-refractivity contribution in [2.75, 3.05) is 13.1 Å². The first-order valence-electron chi connectivity index (χ1n) is 11.2. The lowest BCUT2D eigenvalue weighted by Crippen LogP contribution is -2.48. The summed E-state index contributed by atoms with van der Waals surface area (Å²) in [5, 5.41) is 5.26. The Morgan fingerprint density at radius 3 is 2.06 bits per heavy atom. The highest BCUT2D eigenvalue weighted by Crippen LogP contribution is 2.37. The molecule has 6 nitrogen and oxygen atoms in total. The highest BCUT2D eigenvalue weighted by Gasteiger charge is 2.36. The molecule has 32 heavy (non-hydrogen) atoms. The number of hydrogen-bond donors (Lipinski definition) is 1. The summed E-state index contributed by atoms with van der Waals surface area (Å²) in [5.74, 6) is 0.916. The normalized spacial score (nSPS) is 15.4. The standard InChI is InChI=1S/C26H29N5O/c1-17-21-24(29-31(17)26(2,3)4)27-23(28-25(21)32)20-15-30(16-20)22(18-11-7-5-8-12-18)19-13-9-6-10-14-19/h5-14,20,22H,15-16H2,1-4H3,(H,27,28,29,32). The summed E-state index contributed by atoms with van der Waals surface area (Å²) in [5.41, 5.74) is 3.64. The third-order valence-electron chi connectivity index (χ3n) is 6.32. The number of rotatable bonds is 4. The van der Waals surface area contributed by atoms with E-state index in [1.165, 1.54) is 11.1 Å². The van der Waals surface area contributed by atoms with Crippen molar-refractivity contribution in [3.63, 3.8) is 0 Å². The van der Waals surface area contributed by atoms with Crippen LogP contribution < -0.4 is 5.56 Å². The van der Waals surface area contributed by atoms with E-state index in [9.17, 15) is 4.79 Å². The van der Waals surface area contributed by atoms with Crippen LogP contribution in [-0.2, 0) is 5.54 Å². The van der Waals surface area contributed by atoms with Gasteiger partial charge in [0.25, 0.3) is 5.56 Å². The third kappa shape index (κ3) is 3.54. The Balaban J connectivity index is 1.45. The van der Waals surface area contributed by atoms with Crippen molar-refractivity contribution < 1.29 is 0 Å². The van der Waals surface area contributed by atoms with Crippen LogP contribution in [0.5, 0.6) is 0 Å². The lowest BCUT2D eigenvalue weighted by molar-refractivity contribution is 0.107. The van der Waals surface area contributed by atoms with Crippen LogP contribution >= 0.6 is 0 Å². The first kappa shape index (κ1) is 20.6. The number of fused-ring (bicyclic) bond motifs is 1. The molecule has 5 rings (SSSR count).